The number of carboxylic acids is 1. The molecule has 109 heavy (non-hydrogen) atoms. The Labute approximate surface area is 631 Å². The number of aliphatic hydroxyl groups excluding tert-OH is 14. The van der Waals surface area contributed by atoms with Gasteiger partial charge in [0, 0.05) is 35.3 Å². The number of allylic oxidation sites excluding steroid dienone is 1. The van der Waals surface area contributed by atoms with Crippen LogP contribution in [0.2, 0.25) is 0 Å². The minimum atomic E-state index is -2.39. The number of carbonyl (C=O) groups is 4. The lowest BCUT2D eigenvalue weighted by molar-refractivity contribution is -0.412. The van der Waals surface area contributed by atoms with Gasteiger partial charge in [-0.1, -0.05) is 84.9 Å². The highest BCUT2D eigenvalue weighted by Gasteiger charge is 2.87. The number of esters is 3. The zero-order chi connectivity index (χ0) is 79.6. The van der Waals surface area contributed by atoms with Crippen molar-refractivity contribution in [2.45, 2.75) is 324 Å². The monoisotopic (exact) mass is 1550 g/mol. The molecule has 1 unspecified atom stereocenters. The standard InChI is InChI=1S/C76H112O33/c1-13-31(2)63(94)108-60-61(102-43(80)20-19-35-17-15-14-16-18-35)76-40(27-70(60,6)7)75(109-69(76)95)26-22-39-72(10)24-23-41(71(8,9)38(72)21-25-73(39,11)74(75,12)28-42(76)98-34(5)79)101-68-59(107-65-53(90)49(86)46(83)36(29-77)99-65)55(54(91)56(104-68)62(92)93)103-67-58(51(88)47(84)37(30-78)100-67)106-66-57(50(87)45(82)33(4)97-66)105-64-52(89)48(85)44(81)32(3)96-64/h13-20,32-33,36-42,44-61,64-69,77-78,81-91,95H,21-30H2,1-12H3,(H,92,93)/b20-19+,31-13-/t32-,33-,36+,37+,38-,39+,40-,41-,42+,44-,45-,46-,47-,48+,49-,50+,51-,52+,53+,54-,55-,56-,57+,58+,59+,60-,61-,64-,65-,66-,67-,68+,69?,72-,73+,74-,75-,76+/m0/s1. The van der Waals surface area contributed by atoms with E-state index in [-0.39, 0.29) is 36.7 Å². The second-order valence-electron chi connectivity index (χ2n) is 34.2. The average Bonchev–Trinajstić information content (AvgIpc) is 1.53. The molecule has 38 atom stereocenters. The van der Waals surface area contributed by atoms with E-state index in [4.69, 9.17) is 66.3 Å². The van der Waals surface area contributed by atoms with Crippen molar-refractivity contribution in [2.75, 3.05) is 13.2 Å². The molecule has 5 aliphatic carbocycles. The predicted molar refractivity (Wildman–Crippen MR) is 369 cm³/mol. The molecule has 2 bridgehead atoms. The molecule has 1 spiro atoms. The molecule has 6 heterocycles. The molecule has 12 rings (SSSR count). The average molecular weight is 1550 g/mol. The van der Waals surface area contributed by atoms with Gasteiger partial charge in [-0.15, -0.1) is 0 Å². The molecule has 6 saturated heterocycles. The normalized spacial score (nSPS) is 50.1. The van der Waals surface area contributed by atoms with Crippen LogP contribution in [0.25, 0.3) is 6.08 Å². The Balaban J connectivity index is 0.872. The first-order chi connectivity index (χ1) is 51.1. The maximum atomic E-state index is 14.5. The van der Waals surface area contributed by atoms with Gasteiger partial charge in [-0.2, -0.15) is 0 Å². The number of carbonyl (C=O) groups excluding carboxylic acids is 3. The van der Waals surface area contributed by atoms with Crippen molar-refractivity contribution >= 4 is 30.0 Å². The highest BCUT2D eigenvalue weighted by atomic mass is 16.8. The van der Waals surface area contributed by atoms with Gasteiger partial charge in [0.2, 0.25) is 0 Å². The Hall–Kier alpha value is -4.42. The molecule has 0 amide bonds. The van der Waals surface area contributed by atoms with Crippen LogP contribution in [0.4, 0.5) is 0 Å². The quantitative estimate of drug-likeness (QED) is 0.0350. The van der Waals surface area contributed by atoms with E-state index in [1.165, 1.54) is 26.8 Å². The number of carboxylic acid groups (broad SMARTS) is 1. The van der Waals surface area contributed by atoms with Gasteiger partial charge in [-0.3, -0.25) is 4.79 Å². The Morgan fingerprint density at radius 3 is 1.67 bits per heavy atom. The van der Waals surface area contributed by atoms with Crippen LogP contribution in [0, 0.1) is 50.2 Å². The minimum Gasteiger partial charge on any atom is -0.479 e. The van der Waals surface area contributed by atoms with E-state index in [1.807, 2.05) is 45.9 Å². The van der Waals surface area contributed by atoms with Crippen molar-refractivity contribution < 1.29 is 162 Å². The summed E-state index contributed by atoms with van der Waals surface area (Å²) in [4.78, 5) is 55.9. The molecule has 1 aromatic rings. The van der Waals surface area contributed by atoms with Crippen LogP contribution in [-0.2, 0) is 85.5 Å². The zero-order valence-corrected chi connectivity index (χ0v) is 63.3. The number of rotatable bonds is 19. The highest BCUT2D eigenvalue weighted by Crippen LogP contribution is 2.82. The summed E-state index contributed by atoms with van der Waals surface area (Å²) >= 11 is 0. The third-order valence-electron chi connectivity index (χ3n) is 27.6. The fourth-order valence-electron chi connectivity index (χ4n) is 21.5. The van der Waals surface area contributed by atoms with Gasteiger partial charge >= 0.3 is 23.9 Å². The van der Waals surface area contributed by atoms with Crippen LogP contribution < -0.4 is 0 Å². The molecule has 11 fully saturated rings. The summed E-state index contributed by atoms with van der Waals surface area (Å²) in [5.74, 6) is -5.01. The SMILES string of the molecule is C/C=C(/C)C(=O)O[C@H]1[C@H](OC(=O)/C=C/c2ccccc2)[C@]23C(O)O[C@@]4(CC[C@@H]5[C@@]6(C)CC[C@H](O[C@@H]7O[C@H](C(=O)O)[C@@H](O)[C@H](O[C@@H]8O[C@H](CO)[C@H](O)[C@H](O)[C@H]8O[C@@H]8O[C@@H](C)[C@H](O)[C@@H](O)[C@H]8O[C@@H]8O[C@@H](C)[C@H](O)[C@@H](O)[C@H]8O)[C@H]7O[C@@H]7O[C@H](CO)[C@H](O)[C@H](O)[C@H]7O)C(C)(C)[C@@H]6CC[C@@]5(C)[C@]4(C)C[C@H]2OC(C)=O)[C@@H]3CC1(C)C. The number of ether oxygens (including phenoxy) is 14. The number of aliphatic hydroxyl groups is 14. The second kappa shape index (κ2) is 31.3. The van der Waals surface area contributed by atoms with Crippen molar-refractivity contribution in [1.29, 1.82) is 0 Å². The summed E-state index contributed by atoms with van der Waals surface area (Å²) < 4.78 is 89.1. The maximum Gasteiger partial charge on any atom is 0.335 e. The van der Waals surface area contributed by atoms with Crippen LogP contribution in [0.1, 0.15) is 140 Å². The summed E-state index contributed by atoms with van der Waals surface area (Å²) in [5, 5.41) is 170. The molecule has 33 nitrogen and oxygen atoms in total. The third-order valence-corrected chi connectivity index (χ3v) is 27.6. The molecule has 6 aliphatic heterocycles. The summed E-state index contributed by atoms with van der Waals surface area (Å²) in [6, 6.07) is 9.07. The number of hydrogen-bond donors (Lipinski definition) is 15. The fourth-order valence-corrected chi connectivity index (χ4v) is 21.5. The van der Waals surface area contributed by atoms with Gasteiger partial charge in [-0.05, 0) is 119 Å². The summed E-state index contributed by atoms with van der Waals surface area (Å²) in [7, 11) is 0. The Morgan fingerprint density at radius 1 is 0.523 bits per heavy atom. The van der Waals surface area contributed by atoms with E-state index >= 15 is 0 Å². The summed E-state index contributed by atoms with van der Waals surface area (Å²) in [6.45, 7) is 19.7. The zero-order valence-electron chi connectivity index (χ0n) is 63.3. The molecule has 15 N–H and O–H groups in total. The van der Waals surface area contributed by atoms with Crippen molar-refractivity contribution in [3.8, 4) is 0 Å². The van der Waals surface area contributed by atoms with E-state index in [0.717, 1.165) is 0 Å². The molecule has 614 valence electrons. The first-order valence-electron chi connectivity index (χ1n) is 37.9. The highest BCUT2D eigenvalue weighted by molar-refractivity contribution is 5.88. The lowest BCUT2D eigenvalue weighted by Gasteiger charge is -2.75. The lowest BCUT2D eigenvalue weighted by Crippen LogP contribution is -2.77. The van der Waals surface area contributed by atoms with Crippen LogP contribution in [0.15, 0.2) is 48.1 Å². The third kappa shape index (κ3) is 14.1. The molecule has 0 radical (unpaired) electrons. The molecular weight excluding hydrogens is 1440 g/mol. The minimum absolute atomic E-state index is 0.119. The van der Waals surface area contributed by atoms with Crippen molar-refractivity contribution in [1.82, 2.24) is 0 Å². The Morgan fingerprint density at radius 2 is 1.06 bits per heavy atom. The topological polar surface area (TPSA) is 501 Å². The maximum absolute atomic E-state index is 14.5. The van der Waals surface area contributed by atoms with E-state index in [9.17, 15) is 95.8 Å². The number of aliphatic carboxylic acids is 1. The molecule has 1 aromatic carbocycles. The van der Waals surface area contributed by atoms with Gasteiger partial charge in [0.1, 0.15) is 121 Å². The van der Waals surface area contributed by atoms with Crippen LogP contribution in [0.3, 0.4) is 0 Å². The van der Waals surface area contributed by atoms with Crippen LogP contribution >= 0.6 is 0 Å². The fraction of sp³-hybridized carbons (Fsp3) is 0.816. The van der Waals surface area contributed by atoms with Crippen LogP contribution in [-0.4, -0.2) is 304 Å². The van der Waals surface area contributed by atoms with Gasteiger partial charge < -0.3 is 143 Å². The number of hydrogen-bond acceptors (Lipinski definition) is 32. The first-order valence-corrected chi connectivity index (χ1v) is 37.9. The van der Waals surface area contributed by atoms with Crippen molar-refractivity contribution in [3.05, 3.63) is 53.6 Å². The molecule has 11 aliphatic rings. The summed E-state index contributed by atoms with van der Waals surface area (Å²) in [6.07, 6.45) is -47.7. The van der Waals surface area contributed by atoms with Gasteiger partial charge in [0.05, 0.1) is 37.1 Å². The van der Waals surface area contributed by atoms with Gasteiger partial charge in [0.25, 0.3) is 0 Å². The van der Waals surface area contributed by atoms with Crippen molar-refractivity contribution in [2.24, 2.45) is 50.2 Å². The lowest BCUT2D eigenvalue weighted by atomic mass is 9.30. The summed E-state index contributed by atoms with van der Waals surface area (Å²) in [5.41, 5.74) is -6.00. The van der Waals surface area contributed by atoms with E-state index in [2.05, 4.69) is 20.8 Å². The molecule has 0 aromatic heterocycles. The molecule has 33 heteroatoms. The van der Waals surface area contributed by atoms with Crippen molar-refractivity contribution in [3.63, 3.8) is 0 Å². The van der Waals surface area contributed by atoms with E-state index in [0.29, 0.717) is 37.7 Å². The smallest absolute Gasteiger partial charge is 0.335 e. The first kappa shape index (κ1) is 84.0. The second-order valence-corrected chi connectivity index (χ2v) is 34.2. The van der Waals surface area contributed by atoms with Gasteiger partial charge in [-0.25, -0.2) is 14.4 Å². The Bertz CT molecular complexity index is 3470. The number of benzene rings is 1. The van der Waals surface area contributed by atoms with Crippen LogP contribution in [0.5, 0.6) is 0 Å². The largest absolute Gasteiger partial charge is 0.479 e. The Kier molecular flexibility index (Phi) is 24.1. The predicted octanol–water partition coefficient (Wildman–Crippen LogP) is -0.767. The van der Waals surface area contributed by atoms with Gasteiger partial charge in [0.15, 0.2) is 49.9 Å². The number of fused-ring (bicyclic) bond motifs is 4. The molecular formula is C76H112O33. The van der Waals surface area contributed by atoms with E-state index < -0.39 is 265 Å². The molecule has 5 saturated carbocycles. The van der Waals surface area contributed by atoms with E-state index in [1.54, 1.807) is 38.1 Å².